The van der Waals surface area contributed by atoms with Crippen molar-refractivity contribution in [1.82, 2.24) is 0 Å². The van der Waals surface area contributed by atoms with Gasteiger partial charge in [0, 0.05) is 11.4 Å². The third kappa shape index (κ3) is 2.62. The summed E-state index contributed by atoms with van der Waals surface area (Å²) in [6.45, 7) is 0.628. The summed E-state index contributed by atoms with van der Waals surface area (Å²) in [5, 5.41) is 2.17. The zero-order valence-corrected chi connectivity index (χ0v) is 10.1. The molecule has 0 aliphatic carbocycles. The van der Waals surface area contributed by atoms with E-state index in [9.17, 15) is 0 Å². The molecule has 2 aromatic rings. The van der Waals surface area contributed by atoms with Crippen molar-refractivity contribution >= 4 is 11.3 Å². The van der Waals surface area contributed by atoms with E-state index in [-0.39, 0.29) is 0 Å². The maximum Gasteiger partial charge on any atom is 0.119 e. The van der Waals surface area contributed by atoms with E-state index in [1.54, 1.807) is 18.4 Å². The van der Waals surface area contributed by atoms with E-state index in [0.717, 1.165) is 12.2 Å². The second-order valence-corrected chi connectivity index (χ2v) is 4.65. The lowest BCUT2D eigenvalue weighted by Crippen LogP contribution is -1.92. The van der Waals surface area contributed by atoms with E-state index in [0.29, 0.717) is 6.54 Å². The molecule has 2 N–H and O–H groups in total. The average Bonchev–Trinajstić information content (AvgIpc) is 2.77. The summed E-state index contributed by atoms with van der Waals surface area (Å²) >= 11 is 1.72. The molecule has 1 aromatic heterocycles. The van der Waals surface area contributed by atoms with Crippen LogP contribution in [-0.4, -0.2) is 7.11 Å². The molecule has 0 spiro atoms. The summed E-state index contributed by atoms with van der Waals surface area (Å²) in [6.07, 6.45) is 0.938. The van der Waals surface area contributed by atoms with E-state index < -0.39 is 0 Å². The number of hydrogen-bond donors (Lipinski definition) is 1. The standard InChI is InChI=1S/C13H15NOS/c1-15-12-4-2-3-10(6-12)5-11-7-13(8-14)16-9-11/h2-4,6-7,9H,5,8,14H2,1H3. The molecule has 84 valence electrons. The minimum absolute atomic E-state index is 0.628. The molecule has 0 aliphatic heterocycles. The molecule has 1 aromatic carbocycles. The van der Waals surface area contributed by atoms with Crippen molar-refractivity contribution in [2.24, 2.45) is 5.73 Å². The molecule has 3 heteroatoms. The van der Waals surface area contributed by atoms with E-state index in [4.69, 9.17) is 10.5 Å². The van der Waals surface area contributed by atoms with Crippen LogP contribution in [-0.2, 0) is 13.0 Å². The molecule has 0 saturated carbocycles. The largest absolute Gasteiger partial charge is 0.497 e. The van der Waals surface area contributed by atoms with Gasteiger partial charge in [-0.2, -0.15) is 0 Å². The second kappa shape index (κ2) is 5.14. The molecule has 1 heterocycles. The molecule has 0 fully saturated rings. The highest BCUT2D eigenvalue weighted by atomic mass is 32.1. The lowest BCUT2D eigenvalue weighted by Gasteiger charge is -2.02. The Kier molecular flexibility index (Phi) is 3.59. The number of thiophene rings is 1. The molecule has 2 nitrogen and oxygen atoms in total. The van der Waals surface area contributed by atoms with Crippen LogP contribution in [0.2, 0.25) is 0 Å². The molecule has 0 radical (unpaired) electrons. The molecule has 0 bridgehead atoms. The quantitative estimate of drug-likeness (QED) is 0.881. The Morgan fingerprint density at radius 1 is 1.25 bits per heavy atom. The summed E-state index contributed by atoms with van der Waals surface area (Å²) < 4.78 is 5.20. The Labute approximate surface area is 99.7 Å². The van der Waals surface area contributed by atoms with E-state index >= 15 is 0 Å². The molecular formula is C13H15NOS. The molecule has 0 amide bonds. The van der Waals surface area contributed by atoms with Crippen LogP contribution in [0.3, 0.4) is 0 Å². The molecule has 0 unspecified atom stereocenters. The van der Waals surface area contributed by atoms with Crippen molar-refractivity contribution in [2.75, 3.05) is 7.11 Å². The first-order chi connectivity index (χ1) is 7.81. The summed E-state index contributed by atoms with van der Waals surface area (Å²) in [4.78, 5) is 1.23. The van der Waals surface area contributed by atoms with E-state index in [1.165, 1.54) is 16.0 Å². The summed E-state index contributed by atoms with van der Waals surface area (Å²) in [5.74, 6) is 0.909. The zero-order valence-electron chi connectivity index (χ0n) is 9.27. The average molecular weight is 233 g/mol. The minimum atomic E-state index is 0.628. The van der Waals surface area contributed by atoms with E-state index in [1.807, 2.05) is 12.1 Å². The van der Waals surface area contributed by atoms with Crippen LogP contribution >= 0.6 is 11.3 Å². The van der Waals surface area contributed by atoms with Gasteiger partial charge in [0.25, 0.3) is 0 Å². The fourth-order valence-electron chi connectivity index (χ4n) is 1.64. The Morgan fingerprint density at radius 3 is 2.81 bits per heavy atom. The van der Waals surface area contributed by atoms with Crippen molar-refractivity contribution in [3.05, 3.63) is 51.7 Å². The van der Waals surface area contributed by atoms with Gasteiger partial charge in [-0.05, 0) is 41.1 Å². The highest BCUT2D eigenvalue weighted by Crippen LogP contribution is 2.20. The third-order valence-electron chi connectivity index (χ3n) is 2.45. The van der Waals surface area contributed by atoms with Gasteiger partial charge < -0.3 is 10.5 Å². The lowest BCUT2D eigenvalue weighted by molar-refractivity contribution is 0.414. The van der Waals surface area contributed by atoms with Crippen molar-refractivity contribution in [2.45, 2.75) is 13.0 Å². The van der Waals surface area contributed by atoms with Crippen molar-refractivity contribution in [1.29, 1.82) is 0 Å². The Hall–Kier alpha value is -1.32. The van der Waals surface area contributed by atoms with Crippen LogP contribution in [0.5, 0.6) is 5.75 Å². The maximum absolute atomic E-state index is 5.59. The predicted octanol–water partition coefficient (Wildman–Crippen LogP) is 2.81. The summed E-state index contributed by atoms with van der Waals surface area (Å²) in [6, 6.07) is 10.3. The van der Waals surface area contributed by atoms with Crippen molar-refractivity contribution in [3.63, 3.8) is 0 Å². The fraction of sp³-hybridized carbons (Fsp3) is 0.231. The lowest BCUT2D eigenvalue weighted by atomic mass is 10.1. The number of rotatable bonds is 4. The van der Waals surface area contributed by atoms with Crippen LogP contribution in [0.1, 0.15) is 16.0 Å². The van der Waals surface area contributed by atoms with Crippen molar-refractivity contribution < 1.29 is 4.74 Å². The summed E-state index contributed by atoms with van der Waals surface area (Å²) in [5.41, 5.74) is 8.18. The number of nitrogens with two attached hydrogens (primary N) is 1. The summed E-state index contributed by atoms with van der Waals surface area (Å²) in [7, 11) is 1.69. The van der Waals surface area contributed by atoms with Gasteiger partial charge in [0.1, 0.15) is 5.75 Å². The highest BCUT2D eigenvalue weighted by Gasteiger charge is 2.01. The molecule has 0 aliphatic rings. The first kappa shape index (κ1) is 11.2. The SMILES string of the molecule is COc1cccc(Cc2csc(CN)c2)c1. The maximum atomic E-state index is 5.59. The van der Waals surface area contributed by atoms with Gasteiger partial charge in [0.15, 0.2) is 0 Å². The predicted molar refractivity (Wildman–Crippen MR) is 68.0 cm³/mol. The van der Waals surface area contributed by atoms with Gasteiger partial charge in [0.2, 0.25) is 0 Å². The molecule has 0 saturated heterocycles. The van der Waals surface area contributed by atoms with Gasteiger partial charge in [-0.3, -0.25) is 0 Å². The monoisotopic (exact) mass is 233 g/mol. The van der Waals surface area contributed by atoms with Crippen LogP contribution in [0.25, 0.3) is 0 Å². The van der Waals surface area contributed by atoms with Gasteiger partial charge >= 0.3 is 0 Å². The van der Waals surface area contributed by atoms with Crippen LogP contribution < -0.4 is 10.5 Å². The highest BCUT2D eigenvalue weighted by molar-refractivity contribution is 7.10. The Bertz CT molecular complexity index is 464. The van der Waals surface area contributed by atoms with Crippen molar-refractivity contribution in [3.8, 4) is 5.75 Å². The molecule has 0 atom stereocenters. The molecule has 2 rings (SSSR count). The van der Waals surface area contributed by atoms with Crippen LogP contribution in [0.15, 0.2) is 35.7 Å². The number of methoxy groups -OCH3 is 1. The molecule has 16 heavy (non-hydrogen) atoms. The second-order valence-electron chi connectivity index (χ2n) is 3.65. The minimum Gasteiger partial charge on any atom is -0.497 e. The topological polar surface area (TPSA) is 35.2 Å². The van der Waals surface area contributed by atoms with E-state index in [2.05, 4.69) is 23.6 Å². The third-order valence-corrected chi connectivity index (χ3v) is 3.46. The van der Waals surface area contributed by atoms with Gasteiger partial charge in [-0.25, -0.2) is 0 Å². The first-order valence-corrected chi connectivity index (χ1v) is 6.09. The number of benzene rings is 1. The Balaban J connectivity index is 2.13. The van der Waals surface area contributed by atoms with Gasteiger partial charge in [0.05, 0.1) is 7.11 Å². The first-order valence-electron chi connectivity index (χ1n) is 5.21. The smallest absolute Gasteiger partial charge is 0.119 e. The zero-order chi connectivity index (χ0) is 11.4. The number of hydrogen-bond acceptors (Lipinski definition) is 3. The molecular weight excluding hydrogens is 218 g/mol. The Morgan fingerprint density at radius 2 is 2.12 bits per heavy atom. The van der Waals surface area contributed by atoms with Crippen LogP contribution in [0.4, 0.5) is 0 Å². The fourth-order valence-corrected chi connectivity index (χ4v) is 2.41. The number of ether oxygens (including phenoxy) is 1. The van der Waals surface area contributed by atoms with Crippen LogP contribution in [0, 0.1) is 0 Å². The van der Waals surface area contributed by atoms with Gasteiger partial charge in [-0.1, -0.05) is 12.1 Å². The van der Waals surface area contributed by atoms with Gasteiger partial charge in [-0.15, -0.1) is 11.3 Å². The normalized spacial score (nSPS) is 10.4.